The fraction of sp³-hybridized carbons (Fsp3) is 0. The first-order valence-corrected chi connectivity index (χ1v) is 12.3. The average Bonchev–Trinajstić information content (AvgIpc) is 3.30. The van der Waals surface area contributed by atoms with Crippen molar-refractivity contribution in [1.29, 1.82) is 0 Å². The summed E-state index contributed by atoms with van der Waals surface area (Å²) in [7, 11) is 0. The van der Waals surface area contributed by atoms with E-state index in [2.05, 4.69) is 101 Å². The van der Waals surface area contributed by atoms with Crippen LogP contribution in [0.25, 0.3) is 55.7 Å². The monoisotopic (exact) mass is 666 g/mol. The van der Waals surface area contributed by atoms with Crippen LogP contribution >= 0.6 is 0 Å². The Morgan fingerprint density at radius 2 is 1.16 bits per heavy atom. The SMILES string of the molecule is [Pt+2].[c-]1c(/C=c2\[n-]/c(=C\c3nccc4ccccc34)c3ccccc23)cccc1-c1nccc2ccccc12. The molecule has 0 unspecified atom stereocenters. The third-order valence-electron chi connectivity index (χ3n) is 6.74. The molecule has 4 heteroatoms. The van der Waals surface area contributed by atoms with E-state index in [1.54, 1.807) is 0 Å². The second-order valence-corrected chi connectivity index (χ2v) is 9.03. The van der Waals surface area contributed by atoms with Gasteiger partial charge in [0, 0.05) is 23.5 Å². The molecule has 0 N–H and O–H groups in total. The summed E-state index contributed by atoms with van der Waals surface area (Å²) < 4.78 is 0. The minimum absolute atomic E-state index is 0. The molecular weight excluding hydrogens is 645 g/mol. The Morgan fingerprint density at radius 1 is 0.553 bits per heavy atom. The number of rotatable bonds is 3. The van der Waals surface area contributed by atoms with E-state index in [4.69, 9.17) is 4.98 Å². The molecule has 7 rings (SSSR count). The van der Waals surface area contributed by atoms with E-state index in [9.17, 15) is 0 Å². The van der Waals surface area contributed by atoms with Crippen LogP contribution in [-0.2, 0) is 21.1 Å². The normalized spacial score (nSPS) is 12.3. The average molecular weight is 667 g/mol. The molecule has 0 aliphatic carbocycles. The maximum Gasteiger partial charge on any atom is 2.00 e. The molecule has 0 saturated carbocycles. The van der Waals surface area contributed by atoms with Crippen molar-refractivity contribution < 1.29 is 21.1 Å². The van der Waals surface area contributed by atoms with Crippen molar-refractivity contribution in [2.45, 2.75) is 0 Å². The van der Waals surface area contributed by atoms with Crippen molar-refractivity contribution in [3.8, 4) is 11.3 Å². The molecule has 0 amide bonds. The van der Waals surface area contributed by atoms with E-state index in [1.165, 1.54) is 10.8 Å². The van der Waals surface area contributed by atoms with Crippen LogP contribution in [0.15, 0.2) is 116 Å². The van der Waals surface area contributed by atoms with Crippen molar-refractivity contribution >= 4 is 44.5 Å². The second-order valence-electron chi connectivity index (χ2n) is 9.03. The molecule has 0 saturated heterocycles. The van der Waals surface area contributed by atoms with E-state index >= 15 is 0 Å². The van der Waals surface area contributed by atoms with Crippen molar-refractivity contribution in [2.24, 2.45) is 0 Å². The Labute approximate surface area is 234 Å². The molecule has 3 heterocycles. The predicted molar refractivity (Wildman–Crippen MR) is 151 cm³/mol. The van der Waals surface area contributed by atoms with E-state index < -0.39 is 0 Å². The van der Waals surface area contributed by atoms with Crippen LogP contribution in [0.3, 0.4) is 0 Å². The molecule has 0 fully saturated rings. The summed E-state index contributed by atoms with van der Waals surface area (Å²) in [6.45, 7) is 0. The van der Waals surface area contributed by atoms with Crippen LogP contribution in [-0.4, -0.2) is 9.97 Å². The predicted octanol–water partition coefficient (Wildman–Crippen LogP) is 6.02. The van der Waals surface area contributed by atoms with Gasteiger partial charge in [-0.2, -0.15) is 5.35 Å². The summed E-state index contributed by atoms with van der Waals surface area (Å²) in [4.78, 5) is 14.4. The minimum atomic E-state index is 0. The van der Waals surface area contributed by atoms with Crippen LogP contribution < -0.4 is 15.7 Å². The molecule has 0 spiro atoms. The zero-order valence-electron chi connectivity index (χ0n) is 20.3. The van der Waals surface area contributed by atoms with Crippen LogP contribution in [0.5, 0.6) is 0 Å². The third-order valence-corrected chi connectivity index (χ3v) is 6.74. The Hall–Kier alpha value is -4.33. The fourth-order valence-electron chi connectivity index (χ4n) is 4.98. The summed E-state index contributed by atoms with van der Waals surface area (Å²) in [6, 6.07) is 38.8. The van der Waals surface area contributed by atoms with Gasteiger partial charge in [-0.25, -0.2) is 0 Å². The van der Waals surface area contributed by atoms with Gasteiger partial charge in [0.05, 0.1) is 5.69 Å². The number of nitrogens with zero attached hydrogens (tertiary/aromatic N) is 3. The molecule has 0 bridgehead atoms. The Morgan fingerprint density at radius 3 is 1.92 bits per heavy atom. The first-order chi connectivity index (χ1) is 18.3. The van der Waals surface area contributed by atoms with Gasteiger partial charge in [0.25, 0.3) is 0 Å². The molecule has 3 aromatic heterocycles. The van der Waals surface area contributed by atoms with Gasteiger partial charge in [0.2, 0.25) is 0 Å². The topological polar surface area (TPSA) is 39.9 Å². The molecule has 3 nitrogen and oxygen atoms in total. The number of fused-ring (bicyclic) bond motifs is 3. The molecule has 4 aromatic carbocycles. The first kappa shape index (κ1) is 24.0. The minimum Gasteiger partial charge on any atom is -0.663 e. The summed E-state index contributed by atoms with van der Waals surface area (Å²) in [5.74, 6) is 0. The number of hydrogen-bond acceptors (Lipinski definition) is 2. The molecule has 0 aliphatic rings. The van der Waals surface area contributed by atoms with Gasteiger partial charge in [-0.05, 0) is 45.1 Å². The maximum atomic E-state index is 5.05. The molecule has 38 heavy (non-hydrogen) atoms. The third kappa shape index (κ3) is 4.36. The van der Waals surface area contributed by atoms with Crippen LogP contribution in [0.2, 0.25) is 0 Å². The van der Waals surface area contributed by atoms with Gasteiger partial charge in [-0.1, -0.05) is 78.4 Å². The van der Waals surface area contributed by atoms with Crippen LogP contribution in [0.4, 0.5) is 0 Å². The Bertz CT molecular complexity index is 2050. The molecule has 0 atom stereocenters. The Balaban J connectivity index is 0.00000264. The maximum absolute atomic E-state index is 5.05. The van der Waals surface area contributed by atoms with Gasteiger partial charge < -0.3 is 4.98 Å². The standard InChI is InChI=1S/C34H21N3.Pt/c1-3-12-27-24(9-1)16-18-35-31(27)22-33-30-15-6-5-14-29(30)32(37-33)21-23-8-7-11-26(20-23)34-28-13-4-2-10-25(28)17-19-36-34;/h1-19,21-22H;/q-2;+2/b32-21-,33-22-;. The van der Waals surface area contributed by atoms with Gasteiger partial charge in [-0.3, -0.25) is 9.97 Å². The van der Waals surface area contributed by atoms with E-state index in [0.29, 0.717) is 0 Å². The fourth-order valence-corrected chi connectivity index (χ4v) is 4.98. The molecule has 182 valence electrons. The number of benzene rings is 4. The van der Waals surface area contributed by atoms with Crippen molar-refractivity contribution in [2.75, 3.05) is 0 Å². The van der Waals surface area contributed by atoms with Gasteiger partial charge in [0.1, 0.15) is 0 Å². The first-order valence-electron chi connectivity index (χ1n) is 12.3. The summed E-state index contributed by atoms with van der Waals surface area (Å²) in [6.07, 6.45) is 7.90. The molecule has 7 aromatic rings. The van der Waals surface area contributed by atoms with Crippen molar-refractivity contribution in [3.63, 3.8) is 0 Å². The number of pyridine rings is 2. The van der Waals surface area contributed by atoms with Gasteiger partial charge >= 0.3 is 21.1 Å². The molecule has 0 radical (unpaired) electrons. The van der Waals surface area contributed by atoms with Crippen molar-refractivity contribution in [1.82, 2.24) is 15.0 Å². The summed E-state index contributed by atoms with van der Waals surface area (Å²) in [5.41, 5.74) is 3.78. The molecular formula is C34H21N3Pt. The van der Waals surface area contributed by atoms with E-state index in [1.807, 2.05) is 42.7 Å². The molecule has 0 aliphatic heterocycles. The zero-order chi connectivity index (χ0) is 24.6. The second kappa shape index (κ2) is 10.2. The number of aromatic nitrogens is 3. The van der Waals surface area contributed by atoms with Gasteiger partial charge in [-0.15, -0.1) is 41.3 Å². The summed E-state index contributed by atoms with van der Waals surface area (Å²) >= 11 is 0. The van der Waals surface area contributed by atoms with Crippen LogP contribution in [0, 0.1) is 6.07 Å². The van der Waals surface area contributed by atoms with Gasteiger partial charge in [0.15, 0.2) is 0 Å². The van der Waals surface area contributed by atoms with Crippen LogP contribution in [0.1, 0.15) is 11.3 Å². The quantitative estimate of drug-likeness (QED) is 0.217. The Kier molecular flexibility index (Phi) is 6.45. The summed E-state index contributed by atoms with van der Waals surface area (Å²) in [5, 5.41) is 8.62. The van der Waals surface area contributed by atoms with E-state index in [-0.39, 0.29) is 21.1 Å². The largest absolute Gasteiger partial charge is 2.00 e. The zero-order valence-corrected chi connectivity index (χ0v) is 22.6. The van der Waals surface area contributed by atoms with Crippen molar-refractivity contribution in [3.05, 3.63) is 144 Å². The number of hydrogen-bond donors (Lipinski definition) is 0. The smallest absolute Gasteiger partial charge is 0.663 e. The van der Waals surface area contributed by atoms with E-state index in [0.717, 1.165) is 54.8 Å².